The molecule has 1 amide bonds. The molecule has 17 heavy (non-hydrogen) atoms. The summed E-state index contributed by atoms with van der Waals surface area (Å²) < 4.78 is 31.1. The van der Waals surface area contributed by atoms with E-state index in [2.05, 4.69) is 5.32 Å². The molecule has 0 radical (unpaired) electrons. The van der Waals surface area contributed by atoms with Crippen molar-refractivity contribution in [2.45, 2.75) is 31.2 Å². The summed E-state index contributed by atoms with van der Waals surface area (Å²) in [7, 11) is 0. The number of amides is 1. The second kappa shape index (κ2) is 5.27. The van der Waals surface area contributed by atoms with Crippen LogP contribution >= 0.6 is 0 Å². The second-order valence-corrected chi connectivity index (χ2v) is 4.67. The van der Waals surface area contributed by atoms with Crippen LogP contribution in [0.4, 0.5) is 8.78 Å². The number of nitrogens with zero attached hydrogens (tertiary/aromatic N) is 1. The summed E-state index contributed by atoms with van der Waals surface area (Å²) in [6.45, 7) is 2.27. The van der Waals surface area contributed by atoms with E-state index in [0.717, 1.165) is 6.54 Å². The van der Waals surface area contributed by atoms with E-state index >= 15 is 0 Å². The number of alkyl halides is 2. The van der Waals surface area contributed by atoms with Crippen LogP contribution in [0.2, 0.25) is 0 Å². The number of morpholine rings is 1. The van der Waals surface area contributed by atoms with E-state index in [1.165, 1.54) is 4.90 Å². The highest BCUT2D eigenvalue weighted by Crippen LogP contribution is 2.27. The van der Waals surface area contributed by atoms with Crippen LogP contribution in [0.15, 0.2) is 0 Å². The lowest BCUT2D eigenvalue weighted by molar-refractivity contribution is -0.138. The fraction of sp³-hybridized carbons (Fsp3) is 0.909. The Morgan fingerprint density at radius 3 is 2.71 bits per heavy atom. The highest BCUT2D eigenvalue weighted by molar-refractivity contribution is 5.77. The zero-order valence-electron chi connectivity index (χ0n) is 9.75. The number of piperidine rings is 1. The molecule has 0 spiro atoms. The molecule has 2 aliphatic rings. The topological polar surface area (TPSA) is 41.6 Å². The molecule has 2 fully saturated rings. The number of ether oxygens (including phenoxy) is 1. The highest BCUT2D eigenvalue weighted by Gasteiger charge is 2.35. The Morgan fingerprint density at radius 2 is 2.12 bits per heavy atom. The number of nitrogens with one attached hydrogen (secondary N) is 1. The first kappa shape index (κ1) is 12.7. The molecule has 2 rings (SSSR count). The lowest BCUT2D eigenvalue weighted by atomic mass is 10.1. The monoisotopic (exact) mass is 248 g/mol. The summed E-state index contributed by atoms with van der Waals surface area (Å²) in [4.78, 5) is 13.4. The van der Waals surface area contributed by atoms with E-state index in [4.69, 9.17) is 4.74 Å². The van der Waals surface area contributed by atoms with Gasteiger partial charge in [0.05, 0.1) is 13.2 Å². The minimum atomic E-state index is -2.59. The van der Waals surface area contributed by atoms with Crippen molar-refractivity contribution in [3.63, 3.8) is 0 Å². The minimum absolute atomic E-state index is 0.0266. The average Bonchev–Trinajstić information content (AvgIpc) is 2.30. The van der Waals surface area contributed by atoms with Gasteiger partial charge >= 0.3 is 0 Å². The van der Waals surface area contributed by atoms with Crippen LogP contribution in [0.1, 0.15) is 19.3 Å². The molecule has 98 valence electrons. The minimum Gasteiger partial charge on any atom is -0.378 e. The summed E-state index contributed by atoms with van der Waals surface area (Å²) in [5, 5.41) is 3.18. The lowest BCUT2D eigenvalue weighted by Gasteiger charge is -2.33. The van der Waals surface area contributed by atoms with E-state index in [-0.39, 0.29) is 37.9 Å². The Kier molecular flexibility index (Phi) is 3.93. The van der Waals surface area contributed by atoms with E-state index in [0.29, 0.717) is 19.6 Å². The van der Waals surface area contributed by atoms with Gasteiger partial charge in [0.25, 0.3) is 5.92 Å². The van der Waals surface area contributed by atoms with Crippen LogP contribution in [0.3, 0.4) is 0 Å². The summed E-state index contributed by atoms with van der Waals surface area (Å²) in [5.74, 6) is -2.65. The molecule has 0 bridgehead atoms. The molecule has 2 saturated heterocycles. The van der Waals surface area contributed by atoms with Gasteiger partial charge in [0, 0.05) is 44.9 Å². The van der Waals surface area contributed by atoms with Crippen molar-refractivity contribution in [2.24, 2.45) is 0 Å². The Balaban J connectivity index is 1.76. The molecule has 0 aromatic rings. The van der Waals surface area contributed by atoms with Crippen molar-refractivity contribution in [1.29, 1.82) is 0 Å². The molecule has 6 heteroatoms. The van der Waals surface area contributed by atoms with Gasteiger partial charge in [-0.2, -0.15) is 0 Å². The van der Waals surface area contributed by atoms with E-state index in [1.54, 1.807) is 0 Å². The van der Waals surface area contributed by atoms with Gasteiger partial charge in [-0.1, -0.05) is 0 Å². The Morgan fingerprint density at radius 1 is 1.41 bits per heavy atom. The third-order valence-corrected chi connectivity index (χ3v) is 3.27. The number of rotatable bonds is 2. The van der Waals surface area contributed by atoms with Gasteiger partial charge in [-0.15, -0.1) is 0 Å². The van der Waals surface area contributed by atoms with E-state index < -0.39 is 5.92 Å². The van der Waals surface area contributed by atoms with Gasteiger partial charge in [-0.3, -0.25) is 4.79 Å². The maximum absolute atomic E-state index is 12.9. The average molecular weight is 248 g/mol. The number of hydrogen-bond acceptors (Lipinski definition) is 3. The molecule has 1 unspecified atom stereocenters. The SMILES string of the molecule is O=C(CC1COCCN1)N1CCC(F)(F)CC1. The number of likely N-dealkylation sites (tertiary alicyclic amines) is 1. The predicted octanol–water partition coefficient (Wildman–Crippen LogP) is 0.623. The molecule has 0 aromatic heterocycles. The van der Waals surface area contributed by atoms with Crippen LogP contribution in [-0.4, -0.2) is 55.6 Å². The molecule has 0 saturated carbocycles. The zero-order valence-corrected chi connectivity index (χ0v) is 9.75. The Hall–Kier alpha value is -0.750. The Labute approximate surface area is 99.3 Å². The molecule has 0 aliphatic carbocycles. The summed E-state index contributed by atoms with van der Waals surface area (Å²) >= 11 is 0. The van der Waals surface area contributed by atoms with Crippen LogP contribution in [0, 0.1) is 0 Å². The third-order valence-electron chi connectivity index (χ3n) is 3.27. The second-order valence-electron chi connectivity index (χ2n) is 4.67. The van der Waals surface area contributed by atoms with Gasteiger partial charge in [0.2, 0.25) is 5.91 Å². The normalized spacial score (nSPS) is 29.1. The van der Waals surface area contributed by atoms with Crippen molar-refractivity contribution in [2.75, 3.05) is 32.8 Å². The van der Waals surface area contributed by atoms with Crippen molar-refractivity contribution in [3.8, 4) is 0 Å². The summed E-state index contributed by atoms with van der Waals surface area (Å²) in [5.41, 5.74) is 0. The first-order chi connectivity index (χ1) is 8.07. The quantitative estimate of drug-likeness (QED) is 0.779. The molecule has 1 atom stereocenters. The zero-order chi connectivity index (χ0) is 12.3. The van der Waals surface area contributed by atoms with Crippen LogP contribution < -0.4 is 5.32 Å². The molecule has 2 aliphatic heterocycles. The van der Waals surface area contributed by atoms with Crippen LogP contribution in [0.25, 0.3) is 0 Å². The third kappa shape index (κ3) is 3.61. The Bertz CT molecular complexity index is 271. The first-order valence-electron chi connectivity index (χ1n) is 6.03. The highest BCUT2D eigenvalue weighted by atomic mass is 19.3. The summed E-state index contributed by atoms with van der Waals surface area (Å²) in [6, 6.07) is 0.0266. The standard InChI is InChI=1S/C11H18F2N2O2/c12-11(13)1-4-15(5-2-11)10(16)7-9-8-17-6-3-14-9/h9,14H,1-8H2. The lowest BCUT2D eigenvalue weighted by Crippen LogP contribution is -2.48. The van der Waals surface area contributed by atoms with Gasteiger partial charge in [-0.05, 0) is 0 Å². The molecule has 2 heterocycles. The summed E-state index contributed by atoms with van der Waals surface area (Å²) in [6.07, 6.45) is -0.0910. The van der Waals surface area contributed by atoms with Crippen LogP contribution in [0.5, 0.6) is 0 Å². The molecule has 0 aromatic carbocycles. The number of halogens is 2. The number of carbonyl (C=O) groups is 1. The van der Waals surface area contributed by atoms with Crippen molar-refractivity contribution in [1.82, 2.24) is 10.2 Å². The molecular weight excluding hydrogens is 230 g/mol. The fourth-order valence-electron chi connectivity index (χ4n) is 2.17. The van der Waals surface area contributed by atoms with Gasteiger partial charge in [0.1, 0.15) is 0 Å². The number of carbonyl (C=O) groups excluding carboxylic acids is 1. The predicted molar refractivity (Wildman–Crippen MR) is 58.0 cm³/mol. The first-order valence-corrected chi connectivity index (χ1v) is 6.03. The van der Waals surface area contributed by atoms with E-state index in [9.17, 15) is 13.6 Å². The number of hydrogen-bond donors (Lipinski definition) is 1. The van der Waals surface area contributed by atoms with Crippen molar-refractivity contribution < 1.29 is 18.3 Å². The fourth-order valence-corrected chi connectivity index (χ4v) is 2.17. The molecule has 4 nitrogen and oxygen atoms in total. The van der Waals surface area contributed by atoms with E-state index in [1.807, 2.05) is 0 Å². The molecule has 1 N–H and O–H groups in total. The van der Waals surface area contributed by atoms with Crippen molar-refractivity contribution >= 4 is 5.91 Å². The van der Waals surface area contributed by atoms with Crippen LogP contribution in [-0.2, 0) is 9.53 Å². The smallest absolute Gasteiger partial charge is 0.251 e. The van der Waals surface area contributed by atoms with Gasteiger partial charge in [0.15, 0.2) is 0 Å². The maximum atomic E-state index is 12.9. The van der Waals surface area contributed by atoms with Gasteiger partial charge < -0.3 is 15.0 Å². The largest absolute Gasteiger partial charge is 0.378 e. The maximum Gasteiger partial charge on any atom is 0.251 e. The van der Waals surface area contributed by atoms with Crippen molar-refractivity contribution in [3.05, 3.63) is 0 Å². The molecular formula is C11H18F2N2O2. The van der Waals surface area contributed by atoms with Gasteiger partial charge in [-0.25, -0.2) is 8.78 Å².